The molecule has 0 aliphatic rings. The Morgan fingerprint density at radius 2 is 1.57 bits per heavy atom. The highest BCUT2D eigenvalue weighted by Crippen LogP contribution is 2.37. The molecule has 0 aliphatic carbocycles. The number of carbonyl (C=O) groups is 1. The van der Waals surface area contributed by atoms with Crippen LogP contribution in [0.4, 0.5) is 0 Å². The summed E-state index contributed by atoms with van der Waals surface area (Å²) in [7, 11) is -4.65. The molecule has 0 fully saturated rings. The lowest BCUT2D eigenvalue weighted by molar-refractivity contribution is 0.103. The van der Waals surface area contributed by atoms with Crippen LogP contribution in [0.25, 0.3) is 5.69 Å². The van der Waals surface area contributed by atoms with Crippen molar-refractivity contribution in [1.82, 2.24) is 8.54 Å². The Bertz CT molecular complexity index is 1640. The Kier molecular flexibility index (Phi) is 8.04. The molecule has 2 aromatic carbocycles. The van der Waals surface area contributed by atoms with Gasteiger partial charge in [-0.25, -0.2) is 12.4 Å². The summed E-state index contributed by atoms with van der Waals surface area (Å²) >= 11 is 0. The summed E-state index contributed by atoms with van der Waals surface area (Å²) in [6.45, 7) is 15.0. The standard InChI is InChI=1S/C31H38N2O5SSi/c1-22-11-14-25(15-12-22)39(35,36)33-19-17-27(29(33)30(34)26-16-13-23(2)20-28(26)37-6)32-18-9-10-24(32)21-38-40(7,8)31(3,4)5/h9-20H,21H2,1-8H3. The molecule has 0 aliphatic heterocycles. The van der Waals surface area contributed by atoms with Crippen molar-refractivity contribution in [3.63, 3.8) is 0 Å². The van der Waals surface area contributed by atoms with E-state index in [9.17, 15) is 13.2 Å². The number of benzene rings is 2. The molecule has 0 radical (unpaired) electrons. The van der Waals surface area contributed by atoms with Gasteiger partial charge in [0.1, 0.15) is 11.4 Å². The highest BCUT2D eigenvalue weighted by atomic mass is 32.2. The van der Waals surface area contributed by atoms with Gasteiger partial charge in [0.2, 0.25) is 5.78 Å². The lowest BCUT2D eigenvalue weighted by atomic mass is 10.0. The maximum absolute atomic E-state index is 14.2. The van der Waals surface area contributed by atoms with E-state index in [1.165, 1.54) is 13.3 Å². The normalized spacial score (nSPS) is 12.5. The van der Waals surface area contributed by atoms with Crippen molar-refractivity contribution >= 4 is 24.1 Å². The third-order valence-electron chi connectivity index (χ3n) is 7.71. The highest BCUT2D eigenvalue weighted by molar-refractivity contribution is 7.90. The van der Waals surface area contributed by atoms with Gasteiger partial charge in [-0.2, -0.15) is 0 Å². The van der Waals surface area contributed by atoms with Gasteiger partial charge in [0.15, 0.2) is 8.32 Å². The van der Waals surface area contributed by atoms with Crippen LogP contribution in [-0.4, -0.2) is 38.2 Å². The Labute approximate surface area is 238 Å². The summed E-state index contributed by atoms with van der Waals surface area (Å²) < 4.78 is 42.7. The second-order valence-corrected chi connectivity index (χ2v) is 18.2. The molecule has 2 heterocycles. The van der Waals surface area contributed by atoms with E-state index < -0.39 is 24.1 Å². The first-order valence-corrected chi connectivity index (χ1v) is 17.6. The average Bonchev–Trinajstić information content (AvgIpc) is 3.54. The molecule has 0 saturated heterocycles. The first kappa shape index (κ1) is 29.6. The maximum Gasteiger partial charge on any atom is 0.268 e. The van der Waals surface area contributed by atoms with E-state index >= 15 is 0 Å². The van der Waals surface area contributed by atoms with Crippen molar-refractivity contribution < 1.29 is 22.4 Å². The predicted octanol–water partition coefficient (Wildman–Crippen LogP) is 6.89. The smallest absolute Gasteiger partial charge is 0.268 e. The molecule has 9 heteroatoms. The molecule has 2 aromatic heterocycles. The summed E-state index contributed by atoms with van der Waals surface area (Å²) in [5.74, 6) is -0.0806. The van der Waals surface area contributed by atoms with Gasteiger partial charge in [0.05, 0.1) is 29.9 Å². The van der Waals surface area contributed by atoms with Crippen molar-refractivity contribution in [3.8, 4) is 11.4 Å². The first-order chi connectivity index (χ1) is 18.7. The van der Waals surface area contributed by atoms with Gasteiger partial charge in [0, 0.05) is 18.1 Å². The Morgan fingerprint density at radius 1 is 0.925 bits per heavy atom. The first-order valence-electron chi connectivity index (χ1n) is 13.2. The zero-order chi connectivity index (χ0) is 29.5. The molecule has 7 nitrogen and oxygen atoms in total. The number of ketones is 1. The Balaban J connectivity index is 1.89. The number of rotatable bonds is 9. The maximum atomic E-state index is 14.2. The number of carbonyl (C=O) groups excluding carboxylic acids is 1. The third-order valence-corrected chi connectivity index (χ3v) is 13.9. The van der Waals surface area contributed by atoms with Crippen molar-refractivity contribution in [2.45, 2.75) is 64.3 Å². The van der Waals surface area contributed by atoms with Crippen LogP contribution < -0.4 is 4.74 Å². The quantitative estimate of drug-likeness (QED) is 0.160. The number of methoxy groups -OCH3 is 1. The van der Waals surface area contributed by atoms with E-state index in [1.807, 2.05) is 42.8 Å². The molecule has 0 spiro atoms. The average molecular weight is 579 g/mol. The summed E-state index contributed by atoms with van der Waals surface area (Å²) in [6, 6.07) is 17.3. The third kappa shape index (κ3) is 5.59. The van der Waals surface area contributed by atoms with Gasteiger partial charge in [-0.15, -0.1) is 0 Å². The number of hydrogen-bond donors (Lipinski definition) is 0. The van der Waals surface area contributed by atoms with Gasteiger partial charge in [-0.05, 0) is 80.0 Å². The molecule has 0 atom stereocenters. The van der Waals surface area contributed by atoms with Crippen LogP contribution in [0.15, 0.2) is 78.0 Å². The SMILES string of the molecule is COc1cc(C)ccc1C(=O)c1c(-n2cccc2CO[Si](C)(C)C(C)(C)C)ccn1S(=O)(=O)c1ccc(C)cc1. The van der Waals surface area contributed by atoms with Gasteiger partial charge < -0.3 is 13.7 Å². The molecule has 0 unspecified atom stereocenters. The van der Waals surface area contributed by atoms with E-state index in [2.05, 4.69) is 33.9 Å². The fraction of sp³-hybridized carbons (Fsp3) is 0.323. The van der Waals surface area contributed by atoms with Crippen molar-refractivity contribution in [2.24, 2.45) is 0 Å². The molecule has 40 heavy (non-hydrogen) atoms. The minimum atomic E-state index is -4.09. The highest BCUT2D eigenvalue weighted by Gasteiger charge is 2.37. The molecule has 0 N–H and O–H groups in total. The van der Waals surface area contributed by atoms with E-state index in [0.29, 0.717) is 18.0 Å². The van der Waals surface area contributed by atoms with E-state index in [1.54, 1.807) is 42.5 Å². The van der Waals surface area contributed by atoms with Crippen LogP contribution >= 0.6 is 0 Å². The van der Waals surface area contributed by atoms with Crippen molar-refractivity contribution in [2.75, 3.05) is 7.11 Å². The van der Waals surface area contributed by atoms with Crippen LogP contribution in [-0.2, 0) is 21.1 Å². The van der Waals surface area contributed by atoms with Gasteiger partial charge in [-0.1, -0.05) is 44.5 Å². The fourth-order valence-corrected chi connectivity index (χ4v) is 6.48. The predicted molar refractivity (Wildman–Crippen MR) is 161 cm³/mol. The molecule has 4 rings (SSSR count). The molecule has 0 saturated carbocycles. The fourth-order valence-electron chi connectivity index (χ4n) is 4.19. The Hall–Kier alpha value is -3.40. The topological polar surface area (TPSA) is 79.5 Å². The van der Waals surface area contributed by atoms with Crippen LogP contribution in [0, 0.1) is 13.8 Å². The molecule has 212 valence electrons. The van der Waals surface area contributed by atoms with E-state index in [4.69, 9.17) is 9.16 Å². The molecule has 0 amide bonds. The largest absolute Gasteiger partial charge is 0.496 e. The second kappa shape index (κ2) is 10.9. The van der Waals surface area contributed by atoms with E-state index in [0.717, 1.165) is 20.8 Å². The van der Waals surface area contributed by atoms with E-state index in [-0.39, 0.29) is 21.2 Å². The number of aromatic nitrogens is 2. The molecule has 4 aromatic rings. The molecule has 0 bridgehead atoms. The van der Waals surface area contributed by atoms with Gasteiger partial charge >= 0.3 is 0 Å². The van der Waals surface area contributed by atoms with Crippen molar-refractivity contribution in [3.05, 3.63) is 101 Å². The van der Waals surface area contributed by atoms with Crippen molar-refractivity contribution in [1.29, 1.82) is 0 Å². The van der Waals surface area contributed by atoms with Crippen LogP contribution in [0.5, 0.6) is 5.75 Å². The van der Waals surface area contributed by atoms with Crippen LogP contribution in [0.3, 0.4) is 0 Å². The minimum Gasteiger partial charge on any atom is -0.496 e. The second-order valence-electron chi connectivity index (χ2n) is 11.6. The van der Waals surface area contributed by atoms with Crippen LogP contribution in [0.2, 0.25) is 18.1 Å². The molecular formula is C31H38N2O5SSi. The number of nitrogens with zero attached hydrogens (tertiary/aromatic N) is 2. The van der Waals surface area contributed by atoms with Crippen LogP contribution in [0.1, 0.15) is 53.6 Å². The zero-order valence-electron chi connectivity index (χ0n) is 24.5. The van der Waals surface area contributed by atoms with Gasteiger partial charge in [0.25, 0.3) is 10.0 Å². The van der Waals surface area contributed by atoms with Gasteiger partial charge in [-0.3, -0.25) is 4.79 Å². The zero-order valence-corrected chi connectivity index (χ0v) is 26.3. The Morgan fingerprint density at radius 3 is 2.20 bits per heavy atom. The summed E-state index contributed by atoms with van der Waals surface area (Å²) in [4.78, 5) is 14.3. The summed E-state index contributed by atoms with van der Waals surface area (Å²) in [5, 5.41) is 0.0268. The molecular weight excluding hydrogens is 541 g/mol. The number of hydrogen-bond acceptors (Lipinski definition) is 5. The lowest BCUT2D eigenvalue weighted by Gasteiger charge is -2.36. The lowest BCUT2D eigenvalue weighted by Crippen LogP contribution is -2.40. The summed E-state index contributed by atoms with van der Waals surface area (Å²) in [6.07, 6.45) is 3.27. The minimum absolute atomic E-state index is 0.0208. The monoisotopic (exact) mass is 578 g/mol. The summed E-state index contributed by atoms with van der Waals surface area (Å²) in [5.41, 5.74) is 3.42. The number of ether oxygens (including phenoxy) is 1. The number of aryl methyl sites for hydroxylation is 2.